The molecule has 0 fully saturated rings. The number of phenols is 1. The predicted octanol–water partition coefficient (Wildman–Crippen LogP) is 19.8. The normalized spacial score (nSPS) is 10.6. The van der Waals surface area contributed by atoms with E-state index in [-0.39, 0.29) is 82.2 Å². The van der Waals surface area contributed by atoms with E-state index >= 15 is 0 Å². The van der Waals surface area contributed by atoms with Gasteiger partial charge in [0.25, 0.3) is 29.5 Å². The highest BCUT2D eigenvalue weighted by atomic mass is 16.6. The van der Waals surface area contributed by atoms with Gasteiger partial charge in [-0.05, 0) is 160 Å². The number of esters is 8. The molecule has 0 atom stereocenters. The third-order valence-corrected chi connectivity index (χ3v) is 18.9. The molecule has 0 aliphatic carbocycles. The largest absolute Gasteiger partial charge is 0.507 e. The minimum Gasteiger partial charge on any atom is -0.507 e. The van der Waals surface area contributed by atoms with E-state index in [9.17, 15) is 48.3 Å². The highest BCUT2D eigenvalue weighted by Gasteiger charge is 2.27. The quantitative estimate of drug-likeness (QED) is 0.0335. The fourth-order valence-electron chi connectivity index (χ4n) is 13.1. The molecule has 17 aromatic rings. The van der Waals surface area contributed by atoms with Crippen molar-refractivity contribution in [1.82, 2.24) is 50.7 Å². The zero-order chi connectivity index (χ0) is 101. The Morgan fingerprint density at radius 3 is 0.972 bits per heavy atom. The lowest BCUT2D eigenvalue weighted by atomic mass is 10.1. The number of rotatable bonds is 26. The fraction of sp³-hybridized carbons (Fsp3) is 0.133. The van der Waals surface area contributed by atoms with Crippen LogP contribution in [0.25, 0.3) is 114 Å². The third kappa shape index (κ3) is 28.0. The van der Waals surface area contributed by atoms with E-state index in [1.807, 2.05) is 97.1 Å². The van der Waals surface area contributed by atoms with E-state index in [0.29, 0.717) is 125 Å². The van der Waals surface area contributed by atoms with Gasteiger partial charge < -0.3 is 85.7 Å². The lowest BCUT2D eigenvalue weighted by Crippen LogP contribution is -2.28. The molecule has 0 saturated carbocycles. The molecule has 718 valence electrons. The first-order chi connectivity index (χ1) is 68.5. The van der Waals surface area contributed by atoms with Crippen molar-refractivity contribution in [1.29, 1.82) is 0 Å². The number of methoxy groups -OCH3 is 1. The maximum Gasteiger partial charge on any atom is 0.343 e. The molecule has 0 unspecified atom stereocenters. The first-order valence-corrected chi connectivity index (χ1v) is 43.2. The highest BCUT2D eigenvalue weighted by Crippen LogP contribution is 2.41. The number of carbonyl (C=O) groups excluding carboxylic acids is 9. The Balaban J connectivity index is 0.000000150. The molecule has 37 nitrogen and oxygen atoms in total. The number of nitrogens with one attached hydrogen (secondary N) is 2. The number of aromatic nitrogens is 10. The highest BCUT2D eigenvalue weighted by molar-refractivity contribution is 5.93. The van der Waals surface area contributed by atoms with Gasteiger partial charge in [-0.2, -0.15) is 24.9 Å². The van der Waals surface area contributed by atoms with Crippen LogP contribution in [0, 0.1) is 0 Å². The standard InChI is InChI=1S/C24H25N3O7.C23H18N2O4.C22H16N2O4.C20H17N3O6.C16H12N2O4/c1-14(28)31-19-9-7-6-8-17(19)22-26-23(34-27-22)18-11-10-16(12-20(18)32-15(2)29)25-13-21(30)33-24(3,4)5;1-16(26)28-21-14-8-6-12-19(21)23-24-22(25-29-23)18-11-5-7-13-20(18)27-15-17-9-3-2-4-10-17;1-26-18-13-7-6-12-17(18)21-23-20(24-28-21)16-11-5-8-14-19(16)27-22(25)15-9-3-2-4-10-15;1-11(24)21-14-8-9-16(18(10-14)28-13(3)26)20-22-19(23-29-20)15-6-4-5-7-17(15)27-12(2)25;1-10(19)21-14-9-5-3-7-12(14)16-17-15(18-22-16)11-6-2-4-8-13(11)20/h6-12,25H,13H2,1-5H3;2-14H,15H2,1H3;2-14H,1H3;4-10H,1-3H3,(H,21,24);2-9,20H,1H3. The molecule has 17 rings (SSSR count). The van der Waals surface area contributed by atoms with Crippen molar-refractivity contribution >= 4 is 65.0 Å². The van der Waals surface area contributed by atoms with Crippen LogP contribution in [0.3, 0.4) is 0 Å². The molecule has 0 bridgehead atoms. The molecular formula is C105H88N12O25. The number of hydrogen-bond acceptors (Lipinski definition) is 36. The van der Waals surface area contributed by atoms with E-state index in [2.05, 4.69) is 61.3 Å². The number of aromatic hydroxyl groups is 1. The van der Waals surface area contributed by atoms with Gasteiger partial charge in [0.2, 0.25) is 35.0 Å². The number of carbonyl (C=O) groups is 9. The van der Waals surface area contributed by atoms with E-state index in [0.717, 1.165) is 5.56 Å². The molecule has 0 radical (unpaired) electrons. The Kier molecular flexibility index (Phi) is 33.7. The molecule has 0 aliphatic heterocycles. The van der Waals surface area contributed by atoms with Crippen LogP contribution in [0.1, 0.15) is 85.2 Å². The first kappa shape index (κ1) is 100. The SMILES string of the molecule is CC(=O)Nc1ccc(-c2nc(-c3ccccc3OC(C)=O)no2)c(OC(C)=O)c1.CC(=O)Oc1ccccc1-c1nc(-c2ccccc2O)no1.CC(=O)Oc1ccccc1-c1nc(-c2ccccc2OCc2ccccc2)no1.CC(=O)Oc1ccccc1-c1noc(-c2ccc(NCC(=O)OC(C)(C)C)cc2OC(C)=O)n1.COc1ccccc1-c1nc(-c2ccccc2OC(=O)c2ccccc2)no1. The second kappa shape index (κ2) is 47.8. The third-order valence-electron chi connectivity index (χ3n) is 18.9. The van der Waals surface area contributed by atoms with Gasteiger partial charge in [-0.1, -0.05) is 171 Å². The Morgan fingerprint density at radius 1 is 0.310 bits per heavy atom. The van der Waals surface area contributed by atoms with Gasteiger partial charge in [0, 0.05) is 72.0 Å². The van der Waals surface area contributed by atoms with Crippen molar-refractivity contribution in [2.45, 2.75) is 81.4 Å². The predicted molar refractivity (Wildman–Crippen MR) is 513 cm³/mol. The topological polar surface area (TPSA) is 485 Å². The summed E-state index contributed by atoms with van der Waals surface area (Å²) in [6, 6.07) is 84.2. The van der Waals surface area contributed by atoms with Crippen molar-refractivity contribution in [3.8, 4) is 172 Å². The van der Waals surface area contributed by atoms with Gasteiger partial charge in [-0.15, -0.1) is 0 Å². The summed E-state index contributed by atoms with van der Waals surface area (Å²) in [5.74, 6) is 1.47. The molecule has 1 amide bonds. The minimum atomic E-state index is -0.602. The summed E-state index contributed by atoms with van der Waals surface area (Å²) in [4.78, 5) is 126. The van der Waals surface area contributed by atoms with Crippen LogP contribution >= 0.6 is 0 Å². The van der Waals surface area contributed by atoms with E-state index < -0.39 is 53.4 Å². The molecule has 37 heteroatoms. The number of benzene rings is 12. The van der Waals surface area contributed by atoms with Crippen molar-refractivity contribution in [2.75, 3.05) is 24.3 Å². The summed E-state index contributed by atoms with van der Waals surface area (Å²) in [5.41, 5.74) is 6.98. The molecule has 0 spiro atoms. The van der Waals surface area contributed by atoms with Gasteiger partial charge in [0.1, 0.15) is 76.2 Å². The van der Waals surface area contributed by atoms with Crippen molar-refractivity contribution in [3.63, 3.8) is 0 Å². The summed E-state index contributed by atoms with van der Waals surface area (Å²) < 4.78 is 80.2. The van der Waals surface area contributed by atoms with Crippen LogP contribution in [0.4, 0.5) is 11.4 Å². The smallest absolute Gasteiger partial charge is 0.343 e. The second-order valence-corrected chi connectivity index (χ2v) is 30.9. The maximum absolute atomic E-state index is 12.4. The molecule has 0 aliphatic rings. The monoisotopic (exact) mass is 1920 g/mol. The van der Waals surface area contributed by atoms with Crippen LogP contribution in [0.5, 0.6) is 57.5 Å². The van der Waals surface area contributed by atoms with Gasteiger partial charge in [-0.25, -0.2) is 4.79 Å². The number of phenolic OH excluding ortho intramolecular Hbond substituents is 1. The van der Waals surface area contributed by atoms with E-state index in [4.69, 9.17) is 70.0 Å². The Labute approximate surface area is 809 Å². The van der Waals surface area contributed by atoms with Gasteiger partial charge in [0.05, 0.1) is 68.3 Å². The number of amides is 1. The van der Waals surface area contributed by atoms with Crippen LogP contribution < -0.4 is 53.3 Å². The second-order valence-electron chi connectivity index (χ2n) is 30.9. The van der Waals surface area contributed by atoms with Gasteiger partial charge >= 0.3 is 47.8 Å². The molecule has 142 heavy (non-hydrogen) atoms. The van der Waals surface area contributed by atoms with Gasteiger partial charge in [-0.3, -0.25) is 38.4 Å². The Morgan fingerprint density at radius 2 is 0.599 bits per heavy atom. The molecular weight excluding hydrogens is 1830 g/mol. The van der Waals surface area contributed by atoms with E-state index in [1.54, 1.807) is 204 Å². The number of anilines is 2. The average Bonchev–Trinajstić information content (AvgIpc) is 1.32. The number of nitrogens with zero attached hydrogens (tertiary/aromatic N) is 10. The summed E-state index contributed by atoms with van der Waals surface area (Å²) in [5, 5.41) is 35.3. The molecule has 12 aromatic carbocycles. The van der Waals surface area contributed by atoms with Crippen LogP contribution in [0.2, 0.25) is 0 Å². The summed E-state index contributed by atoms with van der Waals surface area (Å²) >= 11 is 0. The van der Waals surface area contributed by atoms with Crippen LogP contribution in [-0.2, 0) is 49.7 Å². The zero-order valence-corrected chi connectivity index (χ0v) is 77.8. The van der Waals surface area contributed by atoms with Crippen molar-refractivity contribution in [2.24, 2.45) is 0 Å². The summed E-state index contributed by atoms with van der Waals surface area (Å²) in [6.45, 7) is 14.8. The molecule has 0 saturated heterocycles. The van der Waals surface area contributed by atoms with Gasteiger partial charge in [0.15, 0.2) is 0 Å². The molecule has 5 aromatic heterocycles. The van der Waals surface area contributed by atoms with E-state index in [1.165, 1.54) is 66.7 Å². The Bertz CT molecular complexity index is 7350. The number of ether oxygens (including phenoxy) is 10. The van der Waals surface area contributed by atoms with Crippen LogP contribution in [0.15, 0.2) is 314 Å². The van der Waals surface area contributed by atoms with Crippen LogP contribution in [-0.4, -0.2) is 129 Å². The number of hydrogen-bond donors (Lipinski definition) is 3. The maximum atomic E-state index is 12.4. The summed E-state index contributed by atoms with van der Waals surface area (Å²) in [7, 11) is 1.58. The fourth-order valence-corrected chi connectivity index (χ4v) is 13.1. The lowest BCUT2D eigenvalue weighted by Gasteiger charge is -2.19. The van der Waals surface area contributed by atoms with Crippen molar-refractivity contribution < 1.29 is 118 Å². The minimum absolute atomic E-state index is 0.0584. The Hall–Kier alpha value is -19.2. The molecule has 5 heterocycles. The molecule has 3 N–H and O–H groups in total. The first-order valence-electron chi connectivity index (χ1n) is 43.2. The zero-order valence-electron chi connectivity index (χ0n) is 77.8. The lowest BCUT2D eigenvalue weighted by molar-refractivity contribution is -0.152. The number of para-hydroxylation sites is 8. The van der Waals surface area contributed by atoms with Crippen molar-refractivity contribution in [3.05, 3.63) is 302 Å². The average molecular weight is 1920 g/mol. The summed E-state index contributed by atoms with van der Waals surface area (Å²) in [6.07, 6.45) is 0.